The van der Waals surface area contributed by atoms with Crippen LogP contribution in [0.4, 0.5) is 4.39 Å². The second-order valence-corrected chi connectivity index (χ2v) is 3.40. The topological polar surface area (TPSA) is 38.7 Å². The largest absolute Gasteiger partial charge is 0.241 e. The van der Waals surface area contributed by atoms with Gasteiger partial charge >= 0.3 is 0 Å². The first-order valence-electron chi connectivity index (χ1n) is 3.73. The second-order valence-electron chi connectivity index (χ2n) is 2.69. The average Bonchev–Trinajstić information content (AvgIpc) is 2.14. The zero-order chi connectivity index (χ0) is 10.3. The third-order valence-corrected chi connectivity index (χ3v) is 2.26. The molecule has 72 valence electrons. The van der Waals surface area contributed by atoms with Gasteiger partial charge < -0.3 is 0 Å². The number of aromatic nitrogens is 3. The van der Waals surface area contributed by atoms with E-state index in [1.54, 1.807) is 6.92 Å². The highest BCUT2D eigenvalue weighted by molar-refractivity contribution is 6.36. The zero-order valence-corrected chi connectivity index (χ0v) is 8.56. The monoisotopic (exact) mass is 231 g/mol. The van der Waals surface area contributed by atoms with Crippen molar-refractivity contribution in [1.82, 2.24) is 15.0 Å². The molecule has 0 aromatic carbocycles. The van der Waals surface area contributed by atoms with Gasteiger partial charge in [-0.05, 0) is 6.92 Å². The van der Waals surface area contributed by atoms with Gasteiger partial charge in [-0.25, -0.2) is 19.3 Å². The van der Waals surface area contributed by atoms with Crippen molar-refractivity contribution in [3.63, 3.8) is 0 Å². The Hall–Kier alpha value is -1.00. The van der Waals surface area contributed by atoms with Crippen LogP contribution in [0.2, 0.25) is 10.3 Å². The van der Waals surface area contributed by atoms with Gasteiger partial charge in [-0.15, -0.1) is 0 Å². The third-order valence-electron chi connectivity index (χ3n) is 1.72. The minimum absolute atomic E-state index is 0.0995. The molecule has 0 aliphatic carbocycles. The van der Waals surface area contributed by atoms with Crippen LogP contribution in [0, 0.1) is 12.7 Å². The van der Waals surface area contributed by atoms with Crippen molar-refractivity contribution in [3.05, 3.63) is 28.1 Å². The van der Waals surface area contributed by atoms with Crippen LogP contribution in [-0.2, 0) is 0 Å². The minimum atomic E-state index is -0.670. The highest BCUT2D eigenvalue weighted by atomic mass is 35.5. The summed E-state index contributed by atoms with van der Waals surface area (Å²) in [5.41, 5.74) is 0.0995. The van der Waals surface area contributed by atoms with Crippen LogP contribution in [0.1, 0.15) is 5.82 Å². The summed E-state index contributed by atoms with van der Waals surface area (Å²) in [4.78, 5) is 11.4. The highest BCUT2D eigenvalue weighted by Gasteiger charge is 2.12. The van der Waals surface area contributed by atoms with Gasteiger partial charge in [-0.3, -0.25) is 0 Å². The summed E-state index contributed by atoms with van der Waals surface area (Å²) >= 11 is 11.3. The summed E-state index contributed by atoms with van der Waals surface area (Å²) in [6, 6.07) is 0. The van der Waals surface area contributed by atoms with Crippen LogP contribution in [0.5, 0.6) is 0 Å². The molecule has 2 aromatic heterocycles. The predicted molar refractivity (Wildman–Crippen MR) is 52.0 cm³/mol. The molecule has 0 amide bonds. The fourth-order valence-corrected chi connectivity index (χ4v) is 1.52. The first-order chi connectivity index (χ1) is 6.59. The molecule has 0 unspecified atom stereocenters. The molecule has 0 N–H and O–H groups in total. The minimum Gasteiger partial charge on any atom is -0.241 e. The van der Waals surface area contributed by atoms with Crippen LogP contribution in [0.3, 0.4) is 0 Å². The maximum absolute atomic E-state index is 13.4. The molecule has 0 aliphatic heterocycles. The lowest BCUT2D eigenvalue weighted by molar-refractivity contribution is 0.630. The zero-order valence-electron chi connectivity index (χ0n) is 7.05. The molecule has 2 heterocycles. The molecular formula is C8H4Cl2FN3. The molecule has 0 fully saturated rings. The molecular weight excluding hydrogens is 228 g/mol. The second kappa shape index (κ2) is 3.29. The molecule has 3 nitrogen and oxygen atoms in total. The maximum atomic E-state index is 13.4. The van der Waals surface area contributed by atoms with E-state index in [2.05, 4.69) is 15.0 Å². The maximum Gasteiger partial charge on any atom is 0.186 e. The van der Waals surface area contributed by atoms with E-state index in [1.807, 2.05) is 0 Å². The normalized spacial score (nSPS) is 10.9. The number of nitrogens with zero attached hydrogens (tertiary/aromatic N) is 3. The third kappa shape index (κ3) is 1.40. The standard InChI is InChI=1S/C8H4Cl2FN3/c1-3-12-2-4-6(13-3)5(11)8(10)14-7(4)9/h2H,1H3. The van der Waals surface area contributed by atoms with E-state index < -0.39 is 5.82 Å². The molecule has 2 rings (SSSR count). The number of rotatable bonds is 0. The molecule has 0 aliphatic rings. The number of fused-ring (bicyclic) bond motifs is 1. The van der Waals surface area contributed by atoms with Gasteiger partial charge in [0.05, 0.1) is 5.39 Å². The summed E-state index contributed by atoms with van der Waals surface area (Å²) in [5.74, 6) is -0.216. The van der Waals surface area contributed by atoms with E-state index >= 15 is 0 Å². The van der Waals surface area contributed by atoms with Gasteiger partial charge in [-0.2, -0.15) is 0 Å². The molecule has 0 atom stereocenters. The quantitative estimate of drug-likeness (QED) is 0.655. The van der Waals surface area contributed by atoms with Gasteiger partial charge in [0.1, 0.15) is 16.5 Å². The van der Waals surface area contributed by atoms with Crippen LogP contribution < -0.4 is 0 Å². The van der Waals surface area contributed by atoms with Crippen LogP contribution in [-0.4, -0.2) is 15.0 Å². The highest BCUT2D eigenvalue weighted by Crippen LogP contribution is 2.26. The van der Waals surface area contributed by atoms with Gasteiger partial charge in [0.15, 0.2) is 11.0 Å². The summed E-state index contributed by atoms with van der Waals surface area (Å²) < 4.78 is 13.4. The summed E-state index contributed by atoms with van der Waals surface area (Å²) in [6.07, 6.45) is 1.42. The van der Waals surface area contributed by atoms with Crippen molar-refractivity contribution in [2.75, 3.05) is 0 Å². The van der Waals surface area contributed by atoms with Crippen molar-refractivity contribution in [3.8, 4) is 0 Å². The van der Waals surface area contributed by atoms with Gasteiger partial charge in [0.25, 0.3) is 0 Å². The fourth-order valence-electron chi connectivity index (χ4n) is 1.08. The van der Waals surface area contributed by atoms with E-state index in [0.29, 0.717) is 11.2 Å². The Morgan fingerprint density at radius 2 is 1.93 bits per heavy atom. The first-order valence-corrected chi connectivity index (χ1v) is 4.49. The SMILES string of the molecule is Cc1ncc2c(Cl)nc(Cl)c(F)c2n1. The molecule has 6 heteroatoms. The molecule has 0 bridgehead atoms. The van der Waals surface area contributed by atoms with E-state index in [9.17, 15) is 4.39 Å². The van der Waals surface area contributed by atoms with E-state index in [4.69, 9.17) is 23.2 Å². The van der Waals surface area contributed by atoms with Gasteiger partial charge in [0.2, 0.25) is 0 Å². The van der Waals surface area contributed by atoms with Crippen LogP contribution >= 0.6 is 23.2 Å². The van der Waals surface area contributed by atoms with Crippen molar-refractivity contribution in [2.45, 2.75) is 6.92 Å². The molecule has 0 radical (unpaired) electrons. The Morgan fingerprint density at radius 1 is 1.21 bits per heavy atom. The van der Waals surface area contributed by atoms with Crippen molar-refractivity contribution in [2.24, 2.45) is 0 Å². The van der Waals surface area contributed by atoms with Gasteiger partial charge in [0, 0.05) is 6.20 Å². The van der Waals surface area contributed by atoms with E-state index in [0.717, 1.165) is 0 Å². The smallest absolute Gasteiger partial charge is 0.186 e. The fraction of sp³-hybridized carbons (Fsp3) is 0.125. The lowest BCUT2D eigenvalue weighted by Gasteiger charge is -2.02. The Morgan fingerprint density at radius 3 is 2.64 bits per heavy atom. The predicted octanol–water partition coefficient (Wildman–Crippen LogP) is 2.78. The molecule has 14 heavy (non-hydrogen) atoms. The van der Waals surface area contributed by atoms with Crippen LogP contribution in [0.15, 0.2) is 6.20 Å². The number of hydrogen-bond acceptors (Lipinski definition) is 3. The Bertz CT molecular complexity index is 515. The van der Waals surface area contributed by atoms with Crippen molar-refractivity contribution < 1.29 is 4.39 Å². The van der Waals surface area contributed by atoms with E-state index in [-0.39, 0.29) is 15.8 Å². The molecule has 2 aromatic rings. The van der Waals surface area contributed by atoms with Gasteiger partial charge in [-0.1, -0.05) is 23.2 Å². The number of halogens is 3. The Balaban J connectivity index is 2.95. The van der Waals surface area contributed by atoms with Crippen molar-refractivity contribution in [1.29, 1.82) is 0 Å². The van der Waals surface area contributed by atoms with Crippen molar-refractivity contribution >= 4 is 34.1 Å². The molecule has 0 spiro atoms. The summed E-state index contributed by atoms with van der Waals surface area (Å²) in [5, 5.41) is 0.186. The Labute approximate surface area is 88.9 Å². The van der Waals surface area contributed by atoms with Crippen LogP contribution in [0.25, 0.3) is 10.9 Å². The lowest BCUT2D eigenvalue weighted by atomic mass is 10.3. The lowest BCUT2D eigenvalue weighted by Crippen LogP contribution is -1.94. The van der Waals surface area contributed by atoms with E-state index in [1.165, 1.54) is 6.20 Å². The summed E-state index contributed by atoms with van der Waals surface area (Å²) in [7, 11) is 0. The number of hydrogen-bond donors (Lipinski definition) is 0. The summed E-state index contributed by atoms with van der Waals surface area (Å²) in [6.45, 7) is 1.65. The Kier molecular flexibility index (Phi) is 2.25. The number of pyridine rings is 1. The number of aryl methyl sites for hydroxylation is 1. The average molecular weight is 232 g/mol. The molecule has 0 saturated heterocycles. The molecule has 0 saturated carbocycles. The first kappa shape index (κ1) is 9.55.